The fourth-order valence-electron chi connectivity index (χ4n) is 4.43. The molecule has 10 heteroatoms. The number of sulfonamides is 1. The molecule has 0 spiro atoms. The third-order valence-corrected chi connectivity index (χ3v) is 9.18. The van der Waals surface area contributed by atoms with Crippen LogP contribution in [0.15, 0.2) is 95.9 Å². The van der Waals surface area contributed by atoms with Gasteiger partial charge in [0.05, 0.1) is 21.5 Å². The van der Waals surface area contributed by atoms with Gasteiger partial charge in [0.1, 0.15) is 6.04 Å². The highest BCUT2D eigenvalue weighted by Gasteiger charge is 2.32. The summed E-state index contributed by atoms with van der Waals surface area (Å²) in [6, 6.07) is 25.6. The average molecular weight is 599 g/mol. The van der Waals surface area contributed by atoms with Crippen molar-refractivity contribution < 1.29 is 18.0 Å². The molecule has 0 aromatic heterocycles. The first kappa shape index (κ1) is 29.6. The van der Waals surface area contributed by atoms with Crippen molar-refractivity contribution in [2.75, 3.05) is 20.6 Å². The van der Waals surface area contributed by atoms with Crippen LogP contribution < -0.4 is 5.32 Å². The Balaban J connectivity index is 1.66. The predicted molar refractivity (Wildman–Crippen MR) is 159 cm³/mol. The number of fused-ring (bicyclic) bond motifs is 1. The van der Waals surface area contributed by atoms with Gasteiger partial charge in [-0.05, 0) is 46.2 Å². The highest BCUT2D eigenvalue weighted by atomic mass is 35.5. The summed E-state index contributed by atoms with van der Waals surface area (Å²) in [6.45, 7) is -0.455. The molecule has 0 saturated heterocycles. The van der Waals surface area contributed by atoms with Crippen molar-refractivity contribution in [2.24, 2.45) is 0 Å². The lowest BCUT2D eigenvalue weighted by Gasteiger charge is -2.32. The Morgan fingerprint density at radius 2 is 1.50 bits per heavy atom. The van der Waals surface area contributed by atoms with E-state index in [1.165, 1.54) is 25.1 Å². The monoisotopic (exact) mass is 597 g/mol. The molecule has 0 fully saturated rings. The van der Waals surface area contributed by atoms with Crippen molar-refractivity contribution in [3.63, 3.8) is 0 Å². The number of hydrogen-bond acceptors (Lipinski definition) is 4. The van der Waals surface area contributed by atoms with Crippen LogP contribution in [-0.2, 0) is 32.6 Å². The van der Waals surface area contributed by atoms with Gasteiger partial charge >= 0.3 is 0 Å². The van der Waals surface area contributed by atoms with E-state index < -0.39 is 28.5 Å². The number of nitrogens with zero attached hydrogens (tertiary/aromatic N) is 2. The number of halogens is 2. The second kappa shape index (κ2) is 12.8. The molecule has 208 valence electrons. The molecular formula is C30H29Cl2N3O4S. The van der Waals surface area contributed by atoms with Crippen molar-refractivity contribution in [3.05, 3.63) is 112 Å². The minimum absolute atomic E-state index is 0.0184. The number of amides is 2. The SMILES string of the molecule is CNC(=O)[C@H](Cc1ccccc1)N(Cc1ccc(Cl)c(Cl)c1)C(=O)CN(C)S(=O)(=O)c1ccc2ccccc2c1. The van der Waals surface area contributed by atoms with Gasteiger partial charge in [-0.2, -0.15) is 4.31 Å². The highest BCUT2D eigenvalue weighted by Crippen LogP contribution is 2.25. The fourth-order valence-corrected chi connectivity index (χ4v) is 5.91. The lowest BCUT2D eigenvalue weighted by Crippen LogP contribution is -2.52. The van der Waals surface area contributed by atoms with Crippen LogP contribution in [0.3, 0.4) is 0 Å². The number of likely N-dealkylation sites (N-methyl/N-ethyl adjacent to an activating group) is 2. The summed E-state index contributed by atoms with van der Waals surface area (Å²) in [5, 5.41) is 4.98. The number of rotatable bonds is 10. The third kappa shape index (κ3) is 6.82. The number of carbonyl (C=O) groups excluding carboxylic acids is 2. The fraction of sp³-hybridized carbons (Fsp3) is 0.200. The lowest BCUT2D eigenvalue weighted by atomic mass is 10.0. The minimum atomic E-state index is -4.01. The zero-order valence-electron chi connectivity index (χ0n) is 22.1. The summed E-state index contributed by atoms with van der Waals surface area (Å²) < 4.78 is 27.9. The van der Waals surface area contributed by atoms with E-state index in [1.54, 1.807) is 30.3 Å². The number of benzene rings is 4. The van der Waals surface area contributed by atoms with E-state index in [-0.39, 0.29) is 23.8 Å². The van der Waals surface area contributed by atoms with Crippen molar-refractivity contribution >= 4 is 55.8 Å². The normalized spacial score (nSPS) is 12.3. The van der Waals surface area contributed by atoms with Crippen molar-refractivity contribution in [1.82, 2.24) is 14.5 Å². The predicted octanol–water partition coefficient (Wildman–Crippen LogP) is 5.15. The van der Waals surface area contributed by atoms with Gasteiger partial charge in [0.15, 0.2) is 0 Å². The second-order valence-corrected chi connectivity index (χ2v) is 12.2. The maximum atomic E-state index is 13.8. The Kier molecular flexibility index (Phi) is 9.48. The van der Waals surface area contributed by atoms with Gasteiger partial charge in [0.2, 0.25) is 21.8 Å². The van der Waals surface area contributed by atoms with Crippen LogP contribution in [0.5, 0.6) is 0 Å². The first-order valence-corrected chi connectivity index (χ1v) is 14.7. The van der Waals surface area contributed by atoms with Crippen LogP contribution in [0.1, 0.15) is 11.1 Å². The molecule has 1 atom stereocenters. The standard InChI is InChI=1S/C30H29Cl2N3O4S/c1-33-30(37)28(17-21-8-4-3-5-9-21)35(19-22-12-15-26(31)27(32)16-22)29(36)20-34(2)40(38,39)25-14-13-23-10-6-7-11-24(23)18-25/h3-16,18,28H,17,19-20H2,1-2H3,(H,33,37)/t28-/m0/s1. The Bertz CT molecular complexity index is 1630. The smallest absolute Gasteiger partial charge is 0.243 e. The highest BCUT2D eigenvalue weighted by molar-refractivity contribution is 7.89. The zero-order valence-corrected chi connectivity index (χ0v) is 24.4. The molecule has 0 unspecified atom stereocenters. The van der Waals surface area contributed by atoms with E-state index in [2.05, 4.69) is 5.32 Å². The Hall–Kier alpha value is -3.43. The molecule has 2 amide bonds. The number of carbonyl (C=O) groups is 2. The zero-order chi connectivity index (χ0) is 28.9. The molecule has 4 rings (SSSR count). The molecule has 0 radical (unpaired) electrons. The lowest BCUT2D eigenvalue weighted by molar-refractivity contribution is -0.141. The third-order valence-electron chi connectivity index (χ3n) is 6.64. The minimum Gasteiger partial charge on any atom is -0.357 e. The van der Waals surface area contributed by atoms with E-state index in [9.17, 15) is 18.0 Å². The maximum absolute atomic E-state index is 13.8. The van der Waals surface area contributed by atoms with Crippen molar-refractivity contribution in [2.45, 2.75) is 23.9 Å². The van der Waals surface area contributed by atoms with Gasteiger partial charge < -0.3 is 10.2 Å². The Morgan fingerprint density at radius 1 is 0.825 bits per heavy atom. The van der Waals surface area contributed by atoms with E-state index >= 15 is 0 Å². The van der Waals surface area contributed by atoms with E-state index in [0.29, 0.717) is 15.6 Å². The van der Waals surface area contributed by atoms with E-state index in [4.69, 9.17) is 23.2 Å². The first-order chi connectivity index (χ1) is 19.1. The van der Waals surface area contributed by atoms with Crippen LogP contribution >= 0.6 is 23.2 Å². The molecule has 0 heterocycles. The molecule has 4 aromatic rings. The Morgan fingerprint density at radius 3 is 2.17 bits per heavy atom. The van der Waals surface area contributed by atoms with Gasteiger partial charge in [-0.3, -0.25) is 9.59 Å². The van der Waals surface area contributed by atoms with E-state index in [0.717, 1.165) is 20.6 Å². The first-order valence-electron chi connectivity index (χ1n) is 12.5. The van der Waals surface area contributed by atoms with Gasteiger partial charge in [0.25, 0.3) is 0 Å². The molecule has 40 heavy (non-hydrogen) atoms. The molecule has 7 nitrogen and oxygen atoms in total. The van der Waals surface area contributed by atoms with Crippen LogP contribution in [0.4, 0.5) is 0 Å². The summed E-state index contributed by atoms with van der Waals surface area (Å²) in [6.07, 6.45) is 0.231. The van der Waals surface area contributed by atoms with Crippen LogP contribution in [0.25, 0.3) is 10.8 Å². The second-order valence-electron chi connectivity index (χ2n) is 9.36. The summed E-state index contributed by atoms with van der Waals surface area (Å²) >= 11 is 12.3. The van der Waals surface area contributed by atoms with Crippen molar-refractivity contribution in [1.29, 1.82) is 0 Å². The largest absolute Gasteiger partial charge is 0.357 e. The van der Waals surface area contributed by atoms with Gasteiger partial charge in [0, 0.05) is 27.1 Å². The molecular weight excluding hydrogens is 569 g/mol. The average Bonchev–Trinajstić information content (AvgIpc) is 2.96. The van der Waals surface area contributed by atoms with Crippen molar-refractivity contribution in [3.8, 4) is 0 Å². The summed E-state index contributed by atoms with van der Waals surface area (Å²) in [5.74, 6) is -0.917. The van der Waals surface area contributed by atoms with Gasteiger partial charge in [-0.1, -0.05) is 89.9 Å². The maximum Gasteiger partial charge on any atom is 0.243 e. The molecule has 0 aliphatic carbocycles. The van der Waals surface area contributed by atoms with Crippen LogP contribution in [0.2, 0.25) is 10.0 Å². The number of hydrogen-bond donors (Lipinski definition) is 1. The van der Waals surface area contributed by atoms with Crippen LogP contribution in [0, 0.1) is 0 Å². The molecule has 0 bridgehead atoms. The molecule has 0 aliphatic rings. The summed E-state index contributed by atoms with van der Waals surface area (Å²) in [5.41, 5.74) is 1.49. The summed E-state index contributed by atoms with van der Waals surface area (Å²) in [4.78, 5) is 28.4. The number of nitrogens with one attached hydrogen (secondary N) is 1. The summed E-state index contributed by atoms with van der Waals surface area (Å²) in [7, 11) is -1.16. The molecule has 4 aromatic carbocycles. The quantitative estimate of drug-likeness (QED) is 0.274. The molecule has 0 aliphatic heterocycles. The van der Waals surface area contributed by atoms with Gasteiger partial charge in [-0.25, -0.2) is 8.42 Å². The molecule has 0 saturated carbocycles. The topological polar surface area (TPSA) is 86.8 Å². The van der Waals surface area contributed by atoms with Gasteiger partial charge in [-0.15, -0.1) is 0 Å². The molecule has 1 N–H and O–H groups in total. The van der Waals surface area contributed by atoms with Crippen LogP contribution in [-0.4, -0.2) is 56.1 Å². The Labute approximate surface area is 244 Å². The van der Waals surface area contributed by atoms with E-state index in [1.807, 2.05) is 54.6 Å².